The summed E-state index contributed by atoms with van der Waals surface area (Å²) in [7, 11) is 1.75. The van der Waals surface area contributed by atoms with Gasteiger partial charge in [-0.1, -0.05) is 37.3 Å². The van der Waals surface area contributed by atoms with Crippen LogP contribution in [0.2, 0.25) is 0 Å². The predicted molar refractivity (Wildman–Crippen MR) is 120 cm³/mol. The lowest BCUT2D eigenvalue weighted by atomic mass is 10.2. The molecule has 0 unspecified atom stereocenters. The number of nitrogens with zero attached hydrogens (tertiary/aromatic N) is 6. The Bertz CT molecular complexity index is 1380. The third kappa shape index (κ3) is 3.59. The number of aromatic nitrogens is 6. The van der Waals surface area contributed by atoms with Crippen molar-refractivity contribution in [2.24, 2.45) is 7.05 Å². The van der Waals surface area contributed by atoms with Gasteiger partial charge in [0, 0.05) is 35.9 Å². The van der Waals surface area contributed by atoms with Crippen LogP contribution in [0.4, 0.5) is 5.69 Å². The standard InChI is InChI=1S/C22H19N7OS/c1-3-15-13-31-22(25-15)17-12-23-28(2)19(17)21(30)24-16-9-10-29-18(11-16)26-20(27-29)14-7-5-4-6-8-14/h4-13H,3H2,1-2H3,(H,24,30). The van der Waals surface area contributed by atoms with Gasteiger partial charge >= 0.3 is 0 Å². The Balaban J connectivity index is 1.44. The van der Waals surface area contributed by atoms with Crippen LogP contribution in [-0.2, 0) is 13.5 Å². The van der Waals surface area contributed by atoms with Crippen molar-refractivity contribution in [2.45, 2.75) is 13.3 Å². The Kier molecular flexibility index (Phi) is 4.79. The van der Waals surface area contributed by atoms with Gasteiger partial charge in [0.25, 0.3) is 5.91 Å². The van der Waals surface area contributed by atoms with E-state index in [1.165, 1.54) is 11.3 Å². The summed E-state index contributed by atoms with van der Waals surface area (Å²) < 4.78 is 3.26. The van der Waals surface area contributed by atoms with Crippen LogP contribution in [0.5, 0.6) is 0 Å². The number of anilines is 1. The summed E-state index contributed by atoms with van der Waals surface area (Å²) in [6.07, 6.45) is 4.31. The van der Waals surface area contributed by atoms with Crippen LogP contribution in [0.15, 0.2) is 60.2 Å². The molecule has 154 valence electrons. The SMILES string of the molecule is CCc1csc(-c2cnn(C)c2C(=O)Nc2ccn3nc(-c4ccccc4)nc3c2)n1. The summed E-state index contributed by atoms with van der Waals surface area (Å²) in [4.78, 5) is 22.3. The van der Waals surface area contributed by atoms with E-state index in [9.17, 15) is 4.79 Å². The Morgan fingerprint density at radius 1 is 1.16 bits per heavy atom. The van der Waals surface area contributed by atoms with Crippen LogP contribution >= 0.6 is 11.3 Å². The maximum absolute atomic E-state index is 13.1. The first-order valence-electron chi connectivity index (χ1n) is 9.82. The van der Waals surface area contributed by atoms with Gasteiger partial charge < -0.3 is 5.32 Å². The molecular formula is C22H19N7OS. The van der Waals surface area contributed by atoms with Crippen LogP contribution in [-0.4, -0.2) is 35.3 Å². The summed E-state index contributed by atoms with van der Waals surface area (Å²) in [5, 5.41) is 14.5. The van der Waals surface area contributed by atoms with Crippen molar-refractivity contribution in [2.75, 3.05) is 5.32 Å². The second kappa shape index (κ2) is 7.77. The maximum atomic E-state index is 13.1. The van der Waals surface area contributed by atoms with Crippen LogP contribution in [0.3, 0.4) is 0 Å². The fourth-order valence-electron chi connectivity index (χ4n) is 3.32. The van der Waals surface area contributed by atoms with Crippen molar-refractivity contribution in [3.8, 4) is 22.0 Å². The molecule has 0 saturated heterocycles. The smallest absolute Gasteiger partial charge is 0.274 e. The molecule has 8 nitrogen and oxygen atoms in total. The number of rotatable bonds is 5. The molecule has 31 heavy (non-hydrogen) atoms. The minimum atomic E-state index is -0.254. The van der Waals surface area contributed by atoms with E-state index in [1.54, 1.807) is 40.8 Å². The van der Waals surface area contributed by atoms with Crippen molar-refractivity contribution in [3.05, 3.63) is 71.6 Å². The summed E-state index contributed by atoms with van der Waals surface area (Å²) >= 11 is 1.51. The number of carbonyl (C=O) groups excluding carboxylic acids is 1. The van der Waals surface area contributed by atoms with E-state index >= 15 is 0 Å². The number of hydrogen-bond acceptors (Lipinski definition) is 6. The number of amides is 1. The molecule has 0 aliphatic heterocycles. The molecule has 0 saturated carbocycles. The van der Waals surface area contributed by atoms with Gasteiger partial charge in [0.05, 0.1) is 17.5 Å². The lowest BCUT2D eigenvalue weighted by molar-refractivity contribution is 0.101. The fraction of sp³-hybridized carbons (Fsp3) is 0.136. The molecule has 4 heterocycles. The molecular weight excluding hydrogens is 410 g/mol. The Labute approximate surface area is 182 Å². The van der Waals surface area contributed by atoms with Crippen molar-refractivity contribution < 1.29 is 4.79 Å². The number of carbonyl (C=O) groups is 1. The Morgan fingerprint density at radius 2 is 2.00 bits per heavy atom. The predicted octanol–water partition coefficient (Wildman–Crippen LogP) is 4.07. The molecule has 0 bridgehead atoms. The number of aryl methyl sites for hydroxylation is 2. The highest BCUT2D eigenvalue weighted by atomic mass is 32.1. The zero-order chi connectivity index (χ0) is 21.4. The highest BCUT2D eigenvalue weighted by molar-refractivity contribution is 7.13. The lowest BCUT2D eigenvalue weighted by Gasteiger charge is -2.07. The van der Waals surface area contributed by atoms with E-state index in [0.717, 1.165) is 28.2 Å². The van der Waals surface area contributed by atoms with Crippen molar-refractivity contribution in [1.29, 1.82) is 0 Å². The van der Waals surface area contributed by atoms with Gasteiger partial charge in [-0.15, -0.1) is 16.4 Å². The molecule has 4 aromatic heterocycles. The molecule has 0 fully saturated rings. The number of hydrogen-bond donors (Lipinski definition) is 1. The molecule has 0 atom stereocenters. The average Bonchev–Trinajstić information content (AvgIpc) is 3.51. The minimum Gasteiger partial charge on any atom is -0.320 e. The molecule has 0 spiro atoms. The monoisotopic (exact) mass is 429 g/mol. The summed E-state index contributed by atoms with van der Waals surface area (Å²) in [5.74, 6) is 0.379. The Hall–Kier alpha value is -3.85. The van der Waals surface area contributed by atoms with Crippen molar-refractivity contribution in [1.82, 2.24) is 29.4 Å². The number of nitrogens with one attached hydrogen (secondary N) is 1. The van der Waals surface area contributed by atoms with Gasteiger partial charge in [-0.2, -0.15) is 5.10 Å². The largest absolute Gasteiger partial charge is 0.320 e. The molecule has 0 radical (unpaired) electrons. The number of benzene rings is 1. The van der Waals surface area contributed by atoms with E-state index in [0.29, 0.717) is 22.9 Å². The molecule has 0 aliphatic rings. The van der Waals surface area contributed by atoms with Gasteiger partial charge in [0.15, 0.2) is 11.5 Å². The quantitative estimate of drug-likeness (QED) is 0.455. The molecule has 5 aromatic rings. The van der Waals surface area contributed by atoms with Gasteiger partial charge in [0.2, 0.25) is 0 Å². The first-order valence-corrected chi connectivity index (χ1v) is 10.7. The number of thiazole rings is 1. The van der Waals surface area contributed by atoms with Crippen LogP contribution in [0.25, 0.3) is 27.6 Å². The highest BCUT2D eigenvalue weighted by Crippen LogP contribution is 2.28. The average molecular weight is 430 g/mol. The molecule has 1 amide bonds. The first kappa shape index (κ1) is 19.1. The zero-order valence-corrected chi connectivity index (χ0v) is 17.8. The third-order valence-electron chi connectivity index (χ3n) is 4.93. The summed E-state index contributed by atoms with van der Waals surface area (Å²) in [5.41, 5.74) is 4.40. The number of pyridine rings is 1. The third-order valence-corrected chi connectivity index (χ3v) is 5.85. The lowest BCUT2D eigenvalue weighted by Crippen LogP contribution is -2.17. The van der Waals surface area contributed by atoms with Gasteiger partial charge in [-0.3, -0.25) is 9.48 Å². The molecule has 5 rings (SSSR count). The normalized spacial score (nSPS) is 11.2. The maximum Gasteiger partial charge on any atom is 0.274 e. The van der Waals surface area contributed by atoms with Gasteiger partial charge in [0.1, 0.15) is 10.7 Å². The van der Waals surface area contributed by atoms with E-state index in [1.807, 2.05) is 35.7 Å². The molecule has 9 heteroatoms. The van der Waals surface area contributed by atoms with Gasteiger partial charge in [-0.05, 0) is 12.5 Å². The molecule has 1 N–H and O–H groups in total. The zero-order valence-electron chi connectivity index (χ0n) is 17.0. The number of fused-ring (bicyclic) bond motifs is 1. The Morgan fingerprint density at radius 3 is 2.77 bits per heavy atom. The van der Waals surface area contributed by atoms with Gasteiger partial charge in [-0.25, -0.2) is 14.5 Å². The highest BCUT2D eigenvalue weighted by Gasteiger charge is 2.21. The fourth-order valence-corrected chi connectivity index (χ4v) is 4.23. The first-order chi connectivity index (χ1) is 15.1. The second-order valence-electron chi connectivity index (χ2n) is 7.00. The van der Waals surface area contributed by atoms with Crippen LogP contribution in [0, 0.1) is 0 Å². The minimum absolute atomic E-state index is 0.254. The van der Waals surface area contributed by atoms with E-state index < -0.39 is 0 Å². The van der Waals surface area contributed by atoms with Crippen molar-refractivity contribution >= 4 is 28.6 Å². The summed E-state index contributed by atoms with van der Waals surface area (Å²) in [6.45, 7) is 2.06. The van der Waals surface area contributed by atoms with E-state index in [2.05, 4.69) is 32.4 Å². The molecule has 1 aromatic carbocycles. The second-order valence-corrected chi connectivity index (χ2v) is 7.86. The van der Waals surface area contributed by atoms with E-state index in [4.69, 9.17) is 0 Å². The topological polar surface area (TPSA) is 90.0 Å². The van der Waals surface area contributed by atoms with E-state index in [-0.39, 0.29) is 5.91 Å². The van der Waals surface area contributed by atoms with Crippen LogP contribution in [0.1, 0.15) is 23.1 Å². The molecule has 0 aliphatic carbocycles. The van der Waals surface area contributed by atoms with Crippen LogP contribution < -0.4 is 5.32 Å². The van der Waals surface area contributed by atoms with Crippen molar-refractivity contribution in [3.63, 3.8) is 0 Å². The summed E-state index contributed by atoms with van der Waals surface area (Å²) in [6, 6.07) is 13.4.